The van der Waals surface area contributed by atoms with E-state index in [-0.39, 0.29) is 17.9 Å². The fraction of sp³-hybridized carbons (Fsp3) is 0.857. The summed E-state index contributed by atoms with van der Waals surface area (Å²) >= 11 is 0. The van der Waals surface area contributed by atoms with Crippen LogP contribution in [0.2, 0.25) is 0 Å². The molecule has 0 bridgehead atoms. The molecule has 1 aliphatic heterocycles. The lowest BCUT2D eigenvalue weighted by atomic mass is 9.78. The zero-order valence-electron chi connectivity index (χ0n) is 12.0. The molecule has 6 nitrogen and oxygen atoms in total. The van der Waals surface area contributed by atoms with Crippen molar-refractivity contribution in [2.24, 2.45) is 5.92 Å². The summed E-state index contributed by atoms with van der Waals surface area (Å²) in [6, 6.07) is 0.173. The first-order chi connectivity index (χ1) is 9.38. The molecule has 1 amide bonds. The summed E-state index contributed by atoms with van der Waals surface area (Å²) in [5.41, 5.74) is -0.767. The van der Waals surface area contributed by atoms with Crippen molar-refractivity contribution in [3.63, 3.8) is 0 Å². The van der Waals surface area contributed by atoms with Crippen molar-refractivity contribution in [3.05, 3.63) is 0 Å². The molecule has 1 unspecified atom stereocenters. The Hall–Kier alpha value is -1.14. The van der Waals surface area contributed by atoms with E-state index < -0.39 is 11.6 Å². The summed E-state index contributed by atoms with van der Waals surface area (Å²) in [6.07, 6.45) is 3.10. The van der Waals surface area contributed by atoms with Crippen LogP contribution in [0.4, 0.5) is 0 Å². The summed E-state index contributed by atoms with van der Waals surface area (Å²) in [6.45, 7) is 3.73. The number of carbonyl (C=O) groups excluding carboxylic acids is 1. The predicted octanol–water partition coefficient (Wildman–Crippen LogP) is 0.203. The molecule has 2 rings (SSSR count). The molecule has 114 valence electrons. The van der Waals surface area contributed by atoms with Gasteiger partial charge in [0.15, 0.2) is 0 Å². The zero-order valence-corrected chi connectivity index (χ0v) is 12.0. The summed E-state index contributed by atoms with van der Waals surface area (Å²) in [5.74, 6) is -1.07. The van der Waals surface area contributed by atoms with Crippen LogP contribution in [0.25, 0.3) is 0 Å². The number of carboxylic acid groups (broad SMARTS) is 1. The molecule has 2 aliphatic rings. The molecule has 6 heteroatoms. The van der Waals surface area contributed by atoms with Crippen LogP contribution in [0.3, 0.4) is 0 Å². The van der Waals surface area contributed by atoms with Gasteiger partial charge in [-0.3, -0.25) is 14.5 Å². The summed E-state index contributed by atoms with van der Waals surface area (Å²) < 4.78 is 0. The predicted molar refractivity (Wildman–Crippen MR) is 73.2 cm³/mol. The number of nitrogens with one attached hydrogen (secondary N) is 1. The molecule has 2 fully saturated rings. The molecule has 1 saturated carbocycles. The topological polar surface area (TPSA) is 89.9 Å². The smallest absolute Gasteiger partial charge is 0.306 e. The SMILES string of the molecule is CC(=O)NC1CCN(CC2(O)CCC(C(=O)O)CC2)C1. The van der Waals surface area contributed by atoms with Crippen LogP contribution in [-0.2, 0) is 9.59 Å². The quantitative estimate of drug-likeness (QED) is 0.686. The Morgan fingerprint density at radius 3 is 2.50 bits per heavy atom. The van der Waals surface area contributed by atoms with Crippen molar-refractivity contribution in [2.75, 3.05) is 19.6 Å². The van der Waals surface area contributed by atoms with E-state index in [4.69, 9.17) is 5.11 Å². The third-order valence-corrected chi connectivity index (χ3v) is 4.46. The van der Waals surface area contributed by atoms with E-state index in [1.807, 2.05) is 0 Å². The van der Waals surface area contributed by atoms with Gasteiger partial charge in [0.25, 0.3) is 0 Å². The van der Waals surface area contributed by atoms with Crippen molar-refractivity contribution < 1.29 is 19.8 Å². The van der Waals surface area contributed by atoms with Crippen molar-refractivity contribution in [3.8, 4) is 0 Å². The van der Waals surface area contributed by atoms with E-state index in [0.717, 1.165) is 19.5 Å². The maximum Gasteiger partial charge on any atom is 0.306 e. The molecule has 1 saturated heterocycles. The van der Waals surface area contributed by atoms with Crippen LogP contribution in [0.15, 0.2) is 0 Å². The van der Waals surface area contributed by atoms with Crippen molar-refractivity contribution in [2.45, 2.75) is 50.7 Å². The summed E-state index contributed by atoms with van der Waals surface area (Å²) in [7, 11) is 0. The number of carbonyl (C=O) groups is 2. The molecule has 0 aromatic carbocycles. The molecule has 0 spiro atoms. The Morgan fingerprint density at radius 1 is 1.30 bits per heavy atom. The fourth-order valence-corrected chi connectivity index (χ4v) is 3.36. The standard InChI is InChI=1S/C14H24N2O4/c1-10(17)15-12-4-7-16(8-12)9-14(20)5-2-11(3-6-14)13(18)19/h11-12,20H,2-9H2,1H3,(H,15,17)(H,18,19). The van der Waals surface area contributed by atoms with Gasteiger partial charge in [0.05, 0.1) is 11.5 Å². The molecule has 20 heavy (non-hydrogen) atoms. The van der Waals surface area contributed by atoms with Crippen molar-refractivity contribution in [1.29, 1.82) is 0 Å². The van der Waals surface area contributed by atoms with Gasteiger partial charge in [0, 0.05) is 32.6 Å². The number of rotatable bonds is 4. The largest absolute Gasteiger partial charge is 0.481 e. The first kappa shape index (κ1) is 15.3. The van der Waals surface area contributed by atoms with Gasteiger partial charge >= 0.3 is 5.97 Å². The van der Waals surface area contributed by atoms with Gasteiger partial charge in [-0.1, -0.05) is 0 Å². The van der Waals surface area contributed by atoms with Gasteiger partial charge in [0.1, 0.15) is 0 Å². The number of likely N-dealkylation sites (tertiary alicyclic amines) is 1. The number of amides is 1. The Morgan fingerprint density at radius 2 is 1.95 bits per heavy atom. The monoisotopic (exact) mass is 284 g/mol. The number of hydrogen-bond donors (Lipinski definition) is 3. The number of carboxylic acids is 1. The van der Waals surface area contributed by atoms with Crippen LogP contribution in [0, 0.1) is 5.92 Å². The maximum atomic E-state index is 11.0. The molecule has 1 atom stereocenters. The van der Waals surface area contributed by atoms with Crippen LogP contribution in [0.5, 0.6) is 0 Å². The van der Waals surface area contributed by atoms with E-state index >= 15 is 0 Å². The number of hydrogen-bond acceptors (Lipinski definition) is 4. The number of aliphatic carboxylic acids is 1. The number of β-amino-alcohol motifs (C(OH)–C–C–N with tert-alkyl or cyclic N) is 1. The van der Waals surface area contributed by atoms with E-state index in [2.05, 4.69) is 10.2 Å². The zero-order chi connectivity index (χ0) is 14.8. The van der Waals surface area contributed by atoms with Gasteiger partial charge in [0.2, 0.25) is 5.91 Å². The molecule has 0 aromatic rings. The first-order valence-electron chi connectivity index (χ1n) is 7.33. The lowest BCUT2D eigenvalue weighted by molar-refractivity contribution is -0.145. The second kappa shape index (κ2) is 6.10. The van der Waals surface area contributed by atoms with Crippen molar-refractivity contribution in [1.82, 2.24) is 10.2 Å². The fourth-order valence-electron chi connectivity index (χ4n) is 3.36. The van der Waals surface area contributed by atoms with Gasteiger partial charge < -0.3 is 15.5 Å². The normalized spacial score (nSPS) is 34.9. The number of nitrogens with zero attached hydrogens (tertiary/aromatic N) is 1. The van der Waals surface area contributed by atoms with Crippen LogP contribution in [0.1, 0.15) is 39.0 Å². The highest BCUT2D eigenvalue weighted by atomic mass is 16.4. The molecular formula is C14H24N2O4. The molecule has 0 aromatic heterocycles. The highest BCUT2D eigenvalue weighted by Crippen LogP contribution is 2.33. The van der Waals surface area contributed by atoms with E-state index in [1.165, 1.54) is 6.92 Å². The molecule has 3 N–H and O–H groups in total. The minimum absolute atomic E-state index is 0.0162. The third-order valence-electron chi connectivity index (χ3n) is 4.46. The highest BCUT2D eigenvalue weighted by molar-refractivity contribution is 5.73. The van der Waals surface area contributed by atoms with Gasteiger partial charge in [-0.15, -0.1) is 0 Å². The van der Waals surface area contributed by atoms with Gasteiger partial charge in [-0.2, -0.15) is 0 Å². The average molecular weight is 284 g/mol. The van der Waals surface area contributed by atoms with Gasteiger partial charge in [-0.25, -0.2) is 0 Å². The molecule has 0 radical (unpaired) electrons. The van der Waals surface area contributed by atoms with Crippen LogP contribution < -0.4 is 5.32 Å². The Balaban J connectivity index is 1.79. The second-order valence-corrected chi connectivity index (χ2v) is 6.26. The first-order valence-corrected chi connectivity index (χ1v) is 7.33. The van der Waals surface area contributed by atoms with Crippen LogP contribution >= 0.6 is 0 Å². The second-order valence-electron chi connectivity index (χ2n) is 6.26. The van der Waals surface area contributed by atoms with E-state index in [1.54, 1.807) is 0 Å². The molecule has 1 heterocycles. The summed E-state index contributed by atoms with van der Waals surface area (Å²) in [5, 5.41) is 22.5. The average Bonchev–Trinajstić information content (AvgIpc) is 2.75. The minimum Gasteiger partial charge on any atom is -0.481 e. The Kier molecular flexibility index (Phi) is 4.65. The minimum atomic E-state index is -0.767. The number of aliphatic hydroxyl groups is 1. The molecule has 1 aliphatic carbocycles. The summed E-state index contributed by atoms with van der Waals surface area (Å²) in [4.78, 5) is 24.1. The van der Waals surface area contributed by atoms with Crippen molar-refractivity contribution >= 4 is 11.9 Å². The van der Waals surface area contributed by atoms with E-state index in [9.17, 15) is 14.7 Å². The Labute approximate surface area is 119 Å². The van der Waals surface area contributed by atoms with E-state index in [0.29, 0.717) is 32.2 Å². The molecular weight excluding hydrogens is 260 g/mol. The lowest BCUT2D eigenvalue weighted by Crippen LogP contribution is -2.46. The maximum absolute atomic E-state index is 11.0. The third kappa shape index (κ3) is 3.93. The van der Waals surface area contributed by atoms with Crippen LogP contribution in [-0.4, -0.2) is 58.3 Å². The highest BCUT2D eigenvalue weighted by Gasteiger charge is 2.38. The lowest BCUT2D eigenvalue weighted by Gasteiger charge is -2.37. The Bertz CT molecular complexity index is 377. The van der Waals surface area contributed by atoms with Gasteiger partial charge in [-0.05, 0) is 32.1 Å².